The molecule has 2 rings (SSSR count). The van der Waals surface area contributed by atoms with Gasteiger partial charge in [0.1, 0.15) is 5.54 Å². The average Bonchev–Trinajstić information content (AvgIpc) is 2.61. The zero-order valence-electron chi connectivity index (χ0n) is 10.1. The number of hydrogen-bond donors (Lipinski definition) is 3. The Labute approximate surface area is 113 Å². The van der Waals surface area contributed by atoms with Crippen molar-refractivity contribution >= 4 is 29.7 Å². The lowest BCUT2D eigenvalue weighted by atomic mass is 10.1. The van der Waals surface area contributed by atoms with Gasteiger partial charge in [0, 0.05) is 10.6 Å². The molecule has 1 aliphatic rings. The van der Waals surface area contributed by atoms with Crippen LogP contribution >= 0.6 is 11.8 Å². The number of hydrogen-bond acceptors (Lipinski definition) is 4. The fraction of sp³-hybridized carbons (Fsp3) is 0.250. The Kier molecular flexibility index (Phi) is 3.48. The van der Waals surface area contributed by atoms with Gasteiger partial charge in [-0.1, -0.05) is 12.1 Å². The monoisotopic (exact) mass is 280 g/mol. The van der Waals surface area contributed by atoms with Crippen LogP contribution in [0.1, 0.15) is 17.3 Å². The number of urea groups is 1. The van der Waals surface area contributed by atoms with Gasteiger partial charge in [0.05, 0.1) is 5.56 Å². The summed E-state index contributed by atoms with van der Waals surface area (Å²) in [6, 6.07) is 6.01. The predicted octanol–water partition coefficient (Wildman–Crippen LogP) is 1.07. The molecule has 1 aromatic rings. The van der Waals surface area contributed by atoms with Crippen LogP contribution in [0.3, 0.4) is 0 Å². The molecule has 6 nitrogen and oxygen atoms in total. The number of amides is 3. The second-order valence-corrected chi connectivity index (χ2v) is 5.35. The third-order valence-corrected chi connectivity index (χ3v) is 4.14. The highest BCUT2D eigenvalue weighted by atomic mass is 32.2. The predicted molar refractivity (Wildman–Crippen MR) is 69.2 cm³/mol. The summed E-state index contributed by atoms with van der Waals surface area (Å²) in [5, 5.41) is 13.7. The van der Waals surface area contributed by atoms with Crippen LogP contribution in [0.5, 0.6) is 0 Å². The van der Waals surface area contributed by atoms with E-state index in [-0.39, 0.29) is 11.3 Å². The van der Waals surface area contributed by atoms with Crippen LogP contribution in [-0.4, -0.2) is 34.3 Å². The number of benzene rings is 1. The molecule has 0 saturated carbocycles. The normalized spacial score (nSPS) is 21.9. The Balaban J connectivity index is 2.13. The first-order valence-electron chi connectivity index (χ1n) is 5.51. The Bertz CT molecular complexity index is 560. The maximum atomic E-state index is 11.6. The number of carbonyl (C=O) groups is 3. The SMILES string of the molecule is C[C@]1(CSc2ccccc2C(=O)O)NC(=O)NC1=O. The molecule has 7 heteroatoms. The minimum atomic E-state index is -1.02. The van der Waals surface area contributed by atoms with Gasteiger partial charge in [-0.15, -0.1) is 11.8 Å². The summed E-state index contributed by atoms with van der Waals surface area (Å²) in [6.07, 6.45) is 0. The van der Waals surface area contributed by atoms with Crippen molar-refractivity contribution in [1.29, 1.82) is 0 Å². The van der Waals surface area contributed by atoms with Crippen LogP contribution in [0, 0.1) is 0 Å². The molecule has 1 fully saturated rings. The van der Waals surface area contributed by atoms with Crippen LogP contribution < -0.4 is 10.6 Å². The number of rotatable bonds is 4. The lowest BCUT2D eigenvalue weighted by Crippen LogP contribution is -2.46. The summed E-state index contributed by atoms with van der Waals surface area (Å²) in [4.78, 5) is 34.3. The van der Waals surface area contributed by atoms with Crippen LogP contribution in [0.4, 0.5) is 4.79 Å². The smallest absolute Gasteiger partial charge is 0.336 e. The summed E-state index contributed by atoms with van der Waals surface area (Å²) in [6.45, 7) is 1.60. The van der Waals surface area contributed by atoms with Gasteiger partial charge in [-0.3, -0.25) is 10.1 Å². The molecule has 3 N–H and O–H groups in total. The lowest BCUT2D eigenvalue weighted by molar-refractivity contribution is -0.122. The van der Waals surface area contributed by atoms with Crippen molar-refractivity contribution in [3.63, 3.8) is 0 Å². The molecule has 1 aliphatic heterocycles. The molecule has 100 valence electrons. The van der Waals surface area contributed by atoms with Gasteiger partial charge in [-0.25, -0.2) is 9.59 Å². The van der Waals surface area contributed by atoms with Crippen molar-refractivity contribution in [2.75, 3.05) is 5.75 Å². The average molecular weight is 280 g/mol. The maximum Gasteiger partial charge on any atom is 0.336 e. The van der Waals surface area contributed by atoms with E-state index in [1.54, 1.807) is 25.1 Å². The molecular formula is C12H12N2O4S. The molecular weight excluding hydrogens is 268 g/mol. The van der Waals surface area contributed by atoms with Gasteiger partial charge in [0.25, 0.3) is 5.91 Å². The van der Waals surface area contributed by atoms with E-state index in [9.17, 15) is 14.4 Å². The topological polar surface area (TPSA) is 95.5 Å². The molecule has 3 amide bonds. The molecule has 1 saturated heterocycles. The van der Waals surface area contributed by atoms with Crippen LogP contribution in [0.15, 0.2) is 29.2 Å². The van der Waals surface area contributed by atoms with E-state index in [1.165, 1.54) is 17.8 Å². The Morgan fingerprint density at radius 1 is 1.37 bits per heavy atom. The minimum absolute atomic E-state index is 0.181. The van der Waals surface area contributed by atoms with Gasteiger partial charge < -0.3 is 10.4 Å². The summed E-state index contributed by atoms with van der Waals surface area (Å²) >= 11 is 1.22. The van der Waals surface area contributed by atoms with E-state index >= 15 is 0 Å². The molecule has 0 aromatic heterocycles. The summed E-state index contributed by atoms with van der Waals surface area (Å²) in [5.74, 6) is -1.17. The molecule has 0 aliphatic carbocycles. The van der Waals surface area contributed by atoms with Crippen LogP contribution in [-0.2, 0) is 4.79 Å². The van der Waals surface area contributed by atoms with Crippen molar-refractivity contribution in [2.45, 2.75) is 17.4 Å². The molecule has 19 heavy (non-hydrogen) atoms. The van der Waals surface area contributed by atoms with Gasteiger partial charge in [-0.05, 0) is 19.1 Å². The summed E-state index contributed by atoms with van der Waals surface area (Å²) in [5.41, 5.74) is -0.839. The molecule has 1 atom stereocenters. The van der Waals surface area contributed by atoms with E-state index < -0.39 is 23.4 Å². The minimum Gasteiger partial charge on any atom is -0.478 e. The molecule has 1 heterocycles. The van der Waals surface area contributed by atoms with Gasteiger partial charge in [0.2, 0.25) is 0 Å². The lowest BCUT2D eigenvalue weighted by Gasteiger charge is -2.20. The molecule has 0 spiro atoms. The Hall–Kier alpha value is -2.02. The molecule has 0 radical (unpaired) electrons. The highest BCUT2D eigenvalue weighted by Crippen LogP contribution is 2.27. The number of imide groups is 1. The number of carboxylic acid groups (broad SMARTS) is 1. The van der Waals surface area contributed by atoms with Gasteiger partial charge in [0.15, 0.2) is 0 Å². The first kappa shape index (κ1) is 13.4. The third kappa shape index (κ3) is 2.70. The van der Waals surface area contributed by atoms with Crippen LogP contribution in [0.2, 0.25) is 0 Å². The van der Waals surface area contributed by atoms with E-state index in [0.29, 0.717) is 4.90 Å². The van der Waals surface area contributed by atoms with Crippen molar-refractivity contribution in [3.8, 4) is 0 Å². The first-order chi connectivity index (χ1) is 8.92. The van der Waals surface area contributed by atoms with Crippen molar-refractivity contribution in [2.24, 2.45) is 0 Å². The largest absolute Gasteiger partial charge is 0.478 e. The Morgan fingerprint density at radius 3 is 2.63 bits per heavy atom. The summed E-state index contributed by atoms with van der Waals surface area (Å²) in [7, 11) is 0. The third-order valence-electron chi connectivity index (χ3n) is 2.75. The molecule has 1 aromatic carbocycles. The van der Waals surface area contributed by atoms with E-state index in [2.05, 4.69) is 10.6 Å². The van der Waals surface area contributed by atoms with E-state index in [1.807, 2.05) is 0 Å². The number of nitrogens with one attached hydrogen (secondary N) is 2. The fourth-order valence-electron chi connectivity index (χ4n) is 1.67. The van der Waals surface area contributed by atoms with E-state index in [0.717, 1.165) is 0 Å². The Morgan fingerprint density at radius 2 is 2.05 bits per heavy atom. The number of carboxylic acids is 1. The highest BCUT2D eigenvalue weighted by Gasteiger charge is 2.41. The van der Waals surface area contributed by atoms with E-state index in [4.69, 9.17) is 5.11 Å². The second kappa shape index (κ2) is 4.93. The van der Waals surface area contributed by atoms with Crippen molar-refractivity contribution in [3.05, 3.63) is 29.8 Å². The second-order valence-electron chi connectivity index (χ2n) is 4.33. The number of thioether (sulfide) groups is 1. The summed E-state index contributed by atoms with van der Waals surface area (Å²) < 4.78 is 0. The van der Waals surface area contributed by atoms with Crippen LogP contribution in [0.25, 0.3) is 0 Å². The molecule has 0 unspecified atom stereocenters. The zero-order chi connectivity index (χ0) is 14.0. The fourth-order valence-corrected chi connectivity index (χ4v) is 2.81. The molecule has 0 bridgehead atoms. The van der Waals surface area contributed by atoms with Gasteiger partial charge >= 0.3 is 12.0 Å². The first-order valence-corrected chi connectivity index (χ1v) is 6.50. The zero-order valence-corrected chi connectivity index (χ0v) is 10.9. The van der Waals surface area contributed by atoms with Crippen molar-refractivity contribution in [1.82, 2.24) is 10.6 Å². The standard InChI is InChI=1S/C12H12N2O4S/c1-12(10(17)13-11(18)14-12)6-19-8-5-3-2-4-7(8)9(15)16/h2-5H,6H2,1H3,(H,15,16)(H2,13,14,17,18)/t12-/m1/s1. The maximum absolute atomic E-state index is 11.6. The van der Waals surface area contributed by atoms with Crippen molar-refractivity contribution < 1.29 is 19.5 Å². The number of carbonyl (C=O) groups excluding carboxylic acids is 2. The highest BCUT2D eigenvalue weighted by molar-refractivity contribution is 7.99. The van der Waals surface area contributed by atoms with Gasteiger partial charge in [-0.2, -0.15) is 0 Å². The number of aromatic carboxylic acids is 1. The quantitative estimate of drug-likeness (QED) is 0.566.